The van der Waals surface area contributed by atoms with Crippen LogP contribution >= 0.6 is 0 Å². The highest BCUT2D eigenvalue weighted by Crippen LogP contribution is 2.12. The van der Waals surface area contributed by atoms with E-state index in [1.165, 1.54) is 0 Å². The maximum atomic E-state index is 5.89. The van der Waals surface area contributed by atoms with Crippen molar-refractivity contribution < 1.29 is 0 Å². The van der Waals surface area contributed by atoms with E-state index >= 15 is 0 Å². The number of nitrogens with two attached hydrogens (primary N) is 1. The summed E-state index contributed by atoms with van der Waals surface area (Å²) in [5.74, 6) is 7.30. The van der Waals surface area contributed by atoms with Crippen molar-refractivity contribution in [2.24, 2.45) is 16.8 Å². The molecular formula is C11H22N4. The molecule has 0 aliphatic carbocycles. The number of hydrogen-bond donors (Lipinski definition) is 1. The first kappa shape index (κ1) is 12.2. The van der Waals surface area contributed by atoms with Crippen molar-refractivity contribution in [3.8, 4) is 0 Å². The van der Waals surface area contributed by atoms with E-state index < -0.39 is 0 Å². The van der Waals surface area contributed by atoms with Crippen molar-refractivity contribution in [3.05, 3.63) is 11.8 Å². The first-order chi connectivity index (χ1) is 7.04. The summed E-state index contributed by atoms with van der Waals surface area (Å²) >= 11 is 0. The average Bonchev–Trinajstić information content (AvgIpc) is 2.18. The molecule has 0 saturated carbocycles. The second kappa shape index (κ2) is 5.28. The maximum Gasteiger partial charge on any atom is 0.133 e. The van der Waals surface area contributed by atoms with Gasteiger partial charge in [0.25, 0.3) is 0 Å². The summed E-state index contributed by atoms with van der Waals surface area (Å²) in [6.07, 6.45) is 2.06. The lowest BCUT2D eigenvalue weighted by atomic mass is 10.1. The van der Waals surface area contributed by atoms with Crippen LogP contribution < -0.4 is 5.84 Å². The minimum Gasteiger partial charge on any atom is -0.297 e. The Kier molecular flexibility index (Phi) is 4.29. The molecule has 1 aliphatic rings. The Balaban J connectivity index is 2.79. The minimum absolute atomic E-state index is 0.447. The van der Waals surface area contributed by atoms with E-state index in [1.54, 1.807) is 5.01 Å². The van der Waals surface area contributed by atoms with Crippen molar-refractivity contribution in [2.75, 3.05) is 26.7 Å². The quantitative estimate of drug-likeness (QED) is 0.693. The van der Waals surface area contributed by atoms with Crippen LogP contribution in [0, 0.1) is 5.92 Å². The smallest absolute Gasteiger partial charge is 0.133 e. The zero-order valence-electron chi connectivity index (χ0n) is 10.2. The van der Waals surface area contributed by atoms with Gasteiger partial charge in [0, 0.05) is 18.8 Å². The number of allylic oxidation sites excluding steroid dienone is 2. The number of hydrazine groups is 1. The van der Waals surface area contributed by atoms with Crippen LogP contribution in [0.1, 0.15) is 20.8 Å². The van der Waals surface area contributed by atoms with E-state index in [1.807, 2.05) is 6.92 Å². The van der Waals surface area contributed by atoms with Gasteiger partial charge in [-0.15, -0.1) is 0 Å². The Bertz CT molecular complexity index is 268. The molecule has 0 spiro atoms. The van der Waals surface area contributed by atoms with Gasteiger partial charge in [0.05, 0.1) is 6.54 Å². The molecule has 1 heterocycles. The number of piperazine rings is 1. The molecule has 1 aliphatic heterocycles. The predicted octanol–water partition coefficient (Wildman–Crippen LogP) is 1.07. The van der Waals surface area contributed by atoms with Gasteiger partial charge in [-0.1, -0.05) is 19.9 Å². The van der Waals surface area contributed by atoms with E-state index in [9.17, 15) is 0 Å². The summed E-state index contributed by atoms with van der Waals surface area (Å²) in [5.41, 5.74) is 1.11. The van der Waals surface area contributed by atoms with Crippen molar-refractivity contribution >= 4 is 5.84 Å². The monoisotopic (exact) mass is 210 g/mol. The third kappa shape index (κ3) is 3.32. The number of aliphatic imine (C=N–C) groups is 1. The van der Waals surface area contributed by atoms with Crippen LogP contribution in [0.3, 0.4) is 0 Å². The molecule has 2 N–H and O–H groups in total. The van der Waals surface area contributed by atoms with Gasteiger partial charge in [-0.2, -0.15) is 0 Å². The predicted molar refractivity (Wildman–Crippen MR) is 64.4 cm³/mol. The van der Waals surface area contributed by atoms with Crippen molar-refractivity contribution in [3.63, 3.8) is 0 Å². The summed E-state index contributed by atoms with van der Waals surface area (Å²) in [6, 6.07) is 0. The summed E-state index contributed by atoms with van der Waals surface area (Å²) in [4.78, 5) is 6.85. The second-order valence-electron chi connectivity index (χ2n) is 4.33. The highest BCUT2D eigenvalue weighted by molar-refractivity contribution is 5.85. The van der Waals surface area contributed by atoms with Crippen molar-refractivity contribution in [1.29, 1.82) is 0 Å². The Hall–Kier alpha value is -0.870. The van der Waals surface area contributed by atoms with Crippen LogP contribution in [-0.4, -0.2) is 42.4 Å². The Morgan fingerprint density at radius 2 is 2.13 bits per heavy atom. The van der Waals surface area contributed by atoms with Gasteiger partial charge in [-0.25, -0.2) is 10.8 Å². The molecule has 0 radical (unpaired) electrons. The zero-order chi connectivity index (χ0) is 11.4. The third-order valence-electron chi connectivity index (χ3n) is 2.61. The van der Waals surface area contributed by atoms with Crippen LogP contribution in [0.5, 0.6) is 0 Å². The lowest BCUT2D eigenvalue weighted by molar-refractivity contribution is 0.268. The molecule has 0 unspecified atom stereocenters. The second-order valence-corrected chi connectivity index (χ2v) is 4.33. The van der Waals surface area contributed by atoms with Crippen LogP contribution in [0.4, 0.5) is 0 Å². The van der Waals surface area contributed by atoms with Gasteiger partial charge >= 0.3 is 0 Å². The van der Waals surface area contributed by atoms with Crippen molar-refractivity contribution in [2.45, 2.75) is 20.8 Å². The first-order valence-electron chi connectivity index (χ1n) is 5.49. The molecule has 0 aromatic carbocycles. The standard InChI is InChI=1S/C11H22N4/c1-5-10(9(2)3)13-11-8-14(4)6-7-15(11)12/h5,9H,6-8,12H2,1-4H3/b10-5-,13-11-. The van der Waals surface area contributed by atoms with E-state index in [-0.39, 0.29) is 0 Å². The summed E-state index contributed by atoms with van der Waals surface area (Å²) in [5, 5.41) is 1.76. The molecule has 0 atom stereocenters. The lowest BCUT2D eigenvalue weighted by Gasteiger charge is -2.32. The molecule has 1 fully saturated rings. The summed E-state index contributed by atoms with van der Waals surface area (Å²) in [7, 11) is 2.09. The van der Waals surface area contributed by atoms with Gasteiger partial charge in [-0.3, -0.25) is 9.91 Å². The fourth-order valence-corrected chi connectivity index (χ4v) is 1.59. The molecular weight excluding hydrogens is 188 g/mol. The molecule has 0 aromatic heterocycles. The lowest BCUT2D eigenvalue weighted by Crippen LogP contribution is -2.52. The molecule has 4 heteroatoms. The van der Waals surface area contributed by atoms with E-state index in [2.05, 4.69) is 36.9 Å². The van der Waals surface area contributed by atoms with Gasteiger partial charge in [0.15, 0.2) is 0 Å². The Morgan fingerprint density at radius 1 is 1.47 bits per heavy atom. The highest BCUT2D eigenvalue weighted by Gasteiger charge is 2.17. The van der Waals surface area contributed by atoms with Crippen LogP contribution in [-0.2, 0) is 0 Å². The first-order valence-corrected chi connectivity index (χ1v) is 5.49. The molecule has 1 saturated heterocycles. The summed E-state index contributed by atoms with van der Waals surface area (Å²) in [6.45, 7) is 9.00. The van der Waals surface area contributed by atoms with Gasteiger partial charge in [-0.05, 0) is 19.9 Å². The van der Waals surface area contributed by atoms with Gasteiger partial charge in [0.2, 0.25) is 0 Å². The third-order valence-corrected chi connectivity index (χ3v) is 2.61. The Morgan fingerprint density at radius 3 is 2.67 bits per heavy atom. The molecule has 86 valence electrons. The highest BCUT2D eigenvalue weighted by atomic mass is 15.5. The Labute approximate surface area is 92.4 Å². The zero-order valence-corrected chi connectivity index (χ0v) is 10.2. The normalized spacial score (nSPS) is 22.9. The van der Waals surface area contributed by atoms with Crippen LogP contribution in [0.2, 0.25) is 0 Å². The van der Waals surface area contributed by atoms with Gasteiger partial charge < -0.3 is 0 Å². The average molecular weight is 210 g/mol. The van der Waals surface area contributed by atoms with E-state index in [4.69, 9.17) is 5.84 Å². The number of likely N-dealkylation sites (N-methyl/N-ethyl adjacent to an activating group) is 1. The number of amidine groups is 1. The number of hydrogen-bond acceptors (Lipinski definition) is 3. The van der Waals surface area contributed by atoms with Gasteiger partial charge in [0.1, 0.15) is 5.84 Å². The number of rotatable bonds is 2. The van der Waals surface area contributed by atoms with E-state index in [0.717, 1.165) is 31.2 Å². The topological polar surface area (TPSA) is 44.9 Å². The fourth-order valence-electron chi connectivity index (χ4n) is 1.59. The molecule has 0 amide bonds. The molecule has 1 rings (SSSR count). The molecule has 4 nitrogen and oxygen atoms in total. The largest absolute Gasteiger partial charge is 0.297 e. The SMILES string of the molecule is C/C=C(\N=C1\CN(C)CCN1N)C(C)C. The minimum atomic E-state index is 0.447. The van der Waals surface area contributed by atoms with E-state index in [0.29, 0.717) is 5.92 Å². The maximum absolute atomic E-state index is 5.89. The molecule has 0 aromatic rings. The van der Waals surface area contributed by atoms with Crippen LogP contribution in [0.25, 0.3) is 0 Å². The molecule has 15 heavy (non-hydrogen) atoms. The van der Waals surface area contributed by atoms with Crippen molar-refractivity contribution in [1.82, 2.24) is 9.91 Å². The number of nitrogens with zero attached hydrogens (tertiary/aromatic N) is 3. The fraction of sp³-hybridized carbons (Fsp3) is 0.727. The summed E-state index contributed by atoms with van der Waals surface area (Å²) < 4.78 is 0. The van der Waals surface area contributed by atoms with Crippen LogP contribution in [0.15, 0.2) is 16.8 Å². The molecule has 0 bridgehead atoms.